The third-order valence-corrected chi connectivity index (χ3v) is 4.05. The van der Waals surface area contributed by atoms with Gasteiger partial charge in [-0.25, -0.2) is 9.78 Å². The smallest absolute Gasteiger partial charge is 0.333 e. The molecule has 0 amide bonds. The molecule has 0 saturated carbocycles. The lowest BCUT2D eigenvalue weighted by atomic mass is 9.91. The van der Waals surface area contributed by atoms with E-state index in [2.05, 4.69) is 37.2 Å². The molecule has 2 rings (SSSR count). The summed E-state index contributed by atoms with van der Waals surface area (Å²) in [5, 5.41) is 0.781. The van der Waals surface area contributed by atoms with Crippen molar-refractivity contribution in [1.29, 1.82) is 0 Å². The van der Waals surface area contributed by atoms with Crippen LogP contribution in [0.5, 0.6) is 0 Å². The van der Waals surface area contributed by atoms with Gasteiger partial charge in [0.05, 0.1) is 19.6 Å². The van der Waals surface area contributed by atoms with E-state index in [0.29, 0.717) is 11.2 Å². The van der Waals surface area contributed by atoms with Crippen molar-refractivity contribution in [3.05, 3.63) is 40.6 Å². The van der Waals surface area contributed by atoms with E-state index in [1.165, 1.54) is 7.11 Å². The van der Waals surface area contributed by atoms with Gasteiger partial charge in [-0.1, -0.05) is 6.58 Å². The quantitative estimate of drug-likeness (QED) is 0.614. The van der Waals surface area contributed by atoms with Crippen LogP contribution in [0.3, 0.4) is 0 Å². The molecule has 0 saturated heterocycles. The molecule has 1 atom stereocenters. The minimum atomic E-state index is -0.667. The summed E-state index contributed by atoms with van der Waals surface area (Å²) in [7, 11) is 1.28. The standard InChI is InChI=1S/C16H17BrN2O4/c1-4-23-16(21)11(7-9(2)15(20)22-3)10-5-6-18-14-13(10)12(17)8-19-14/h5-6,8,11H,2,4,7H2,1,3H3,(H,18,19). The zero-order valence-corrected chi connectivity index (χ0v) is 14.5. The van der Waals surface area contributed by atoms with Crippen LogP contribution in [-0.4, -0.2) is 35.6 Å². The number of fused-ring (bicyclic) bond motifs is 1. The van der Waals surface area contributed by atoms with E-state index in [0.717, 1.165) is 9.86 Å². The summed E-state index contributed by atoms with van der Waals surface area (Å²) >= 11 is 3.45. The molecule has 0 spiro atoms. The molecule has 0 fully saturated rings. The van der Waals surface area contributed by atoms with Gasteiger partial charge < -0.3 is 14.5 Å². The van der Waals surface area contributed by atoms with Crippen LogP contribution in [0, 0.1) is 0 Å². The second-order valence-electron chi connectivity index (χ2n) is 4.86. The zero-order valence-electron chi connectivity index (χ0n) is 12.9. The van der Waals surface area contributed by atoms with Crippen molar-refractivity contribution in [2.75, 3.05) is 13.7 Å². The van der Waals surface area contributed by atoms with Crippen LogP contribution in [0.4, 0.5) is 0 Å². The van der Waals surface area contributed by atoms with Crippen molar-refractivity contribution in [3.63, 3.8) is 0 Å². The first-order valence-corrected chi connectivity index (χ1v) is 7.83. The molecule has 23 heavy (non-hydrogen) atoms. The molecule has 0 aliphatic rings. The van der Waals surface area contributed by atoms with E-state index < -0.39 is 17.9 Å². The highest BCUT2D eigenvalue weighted by Gasteiger charge is 2.28. The van der Waals surface area contributed by atoms with E-state index in [-0.39, 0.29) is 18.6 Å². The number of hydrogen-bond donors (Lipinski definition) is 1. The van der Waals surface area contributed by atoms with Gasteiger partial charge in [0.2, 0.25) is 0 Å². The SMILES string of the molecule is C=C(CC(C(=O)OCC)c1ccnc2[nH]cc(Br)c12)C(=O)OC. The number of halogens is 1. The number of nitrogens with zero attached hydrogens (tertiary/aromatic N) is 1. The molecule has 1 unspecified atom stereocenters. The lowest BCUT2D eigenvalue weighted by Crippen LogP contribution is -2.19. The van der Waals surface area contributed by atoms with Gasteiger partial charge >= 0.3 is 11.9 Å². The van der Waals surface area contributed by atoms with E-state index in [4.69, 9.17) is 4.74 Å². The molecule has 0 aliphatic carbocycles. The van der Waals surface area contributed by atoms with E-state index in [1.54, 1.807) is 25.4 Å². The number of ether oxygens (including phenoxy) is 2. The lowest BCUT2D eigenvalue weighted by Gasteiger charge is -2.17. The highest BCUT2D eigenvalue weighted by atomic mass is 79.9. The van der Waals surface area contributed by atoms with E-state index in [9.17, 15) is 9.59 Å². The van der Waals surface area contributed by atoms with Crippen LogP contribution < -0.4 is 0 Å². The van der Waals surface area contributed by atoms with Gasteiger partial charge in [-0.2, -0.15) is 0 Å². The summed E-state index contributed by atoms with van der Waals surface area (Å²) in [5.41, 5.74) is 1.57. The summed E-state index contributed by atoms with van der Waals surface area (Å²) in [6, 6.07) is 1.74. The van der Waals surface area contributed by atoms with Crippen molar-refractivity contribution >= 4 is 38.9 Å². The normalized spacial score (nSPS) is 12.0. The van der Waals surface area contributed by atoms with Crippen molar-refractivity contribution < 1.29 is 19.1 Å². The number of hydrogen-bond acceptors (Lipinski definition) is 5. The number of rotatable bonds is 6. The fourth-order valence-electron chi connectivity index (χ4n) is 2.37. The average Bonchev–Trinajstić information content (AvgIpc) is 2.93. The Labute approximate surface area is 142 Å². The third-order valence-electron chi connectivity index (χ3n) is 3.43. The summed E-state index contributed by atoms with van der Waals surface area (Å²) in [5.74, 6) is -1.63. The maximum absolute atomic E-state index is 12.4. The van der Waals surface area contributed by atoms with E-state index >= 15 is 0 Å². The van der Waals surface area contributed by atoms with Crippen LogP contribution >= 0.6 is 15.9 Å². The first-order valence-electron chi connectivity index (χ1n) is 7.03. The summed E-state index contributed by atoms with van der Waals surface area (Å²) in [6.07, 6.45) is 3.47. The molecule has 122 valence electrons. The van der Waals surface area contributed by atoms with Gasteiger partial charge in [0.25, 0.3) is 0 Å². The minimum Gasteiger partial charge on any atom is -0.466 e. The number of carbonyl (C=O) groups is 2. The Balaban J connectivity index is 2.47. The fraction of sp³-hybridized carbons (Fsp3) is 0.312. The van der Waals surface area contributed by atoms with Crippen molar-refractivity contribution in [2.24, 2.45) is 0 Å². The molecule has 2 heterocycles. The van der Waals surface area contributed by atoms with Crippen molar-refractivity contribution in [2.45, 2.75) is 19.3 Å². The Kier molecular flexibility index (Phi) is 5.54. The lowest BCUT2D eigenvalue weighted by molar-refractivity contribution is -0.145. The Hall–Kier alpha value is -2.15. The Morgan fingerprint density at radius 3 is 2.87 bits per heavy atom. The highest BCUT2D eigenvalue weighted by molar-refractivity contribution is 9.10. The number of carbonyl (C=O) groups excluding carboxylic acids is 2. The average molecular weight is 381 g/mol. The Morgan fingerprint density at radius 1 is 1.48 bits per heavy atom. The van der Waals surface area contributed by atoms with Gasteiger partial charge in [-0.05, 0) is 40.9 Å². The van der Waals surface area contributed by atoms with Gasteiger partial charge in [0.1, 0.15) is 5.65 Å². The largest absolute Gasteiger partial charge is 0.466 e. The first-order chi connectivity index (χ1) is 11.0. The van der Waals surface area contributed by atoms with Crippen molar-refractivity contribution in [3.8, 4) is 0 Å². The molecular formula is C16H17BrN2O4. The summed E-state index contributed by atoms with van der Waals surface area (Å²) in [4.78, 5) is 31.3. The topological polar surface area (TPSA) is 81.3 Å². The second kappa shape index (κ2) is 7.41. The highest BCUT2D eigenvalue weighted by Crippen LogP contribution is 2.34. The predicted molar refractivity (Wildman–Crippen MR) is 88.9 cm³/mol. The molecule has 7 heteroatoms. The molecular weight excluding hydrogens is 364 g/mol. The molecule has 2 aromatic rings. The van der Waals surface area contributed by atoms with Crippen LogP contribution in [-0.2, 0) is 19.1 Å². The molecule has 2 aromatic heterocycles. The number of nitrogens with one attached hydrogen (secondary N) is 1. The molecule has 0 bridgehead atoms. The Bertz CT molecular complexity index is 754. The number of H-pyrrole nitrogens is 1. The Morgan fingerprint density at radius 2 is 2.22 bits per heavy atom. The fourth-order valence-corrected chi connectivity index (χ4v) is 2.90. The second-order valence-corrected chi connectivity index (χ2v) is 5.72. The van der Waals surface area contributed by atoms with Crippen LogP contribution in [0.2, 0.25) is 0 Å². The van der Waals surface area contributed by atoms with Crippen LogP contribution in [0.15, 0.2) is 35.1 Å². The predicted octanol–water partition coefficient (Wildman–Crippen LogP) is 3.09. The zero-order chi connectivity index (χ0) is 17.0. The number of pyridine rings is 1. The van der Waals surface area contributed by atoms with E-state index in [1.807, 2.05) is 0 Å². The summed E-state index contributed by atoms with van der Waals surface area (Å²) in [6.45, 7) is 5.69. The van der Waals surface area contributed by atoms with Gasteiger partial charge in [0, 0.05) is 27.8 Å². The minimum absolute atomic E-state index is 0.113. The number of methoxy groups -OCH3 is 1. The number of aromatic nitrogens is 2. The van der Waals surface area contributed by atoms with Crippen LogP contribution in [0.25, 0.3) is 11.0 Å². The van der Waals surface area contributed by atoms with Crippen LogP contribution in [0.1, 0.15) is 24.8 Å². The maximum Gasteiger partial charge on any atom is 0.333 e. The monoisotopic (exact) mass is 380 g/mol. The molecule has 6 nitrogen and oxygen atoms in total. The molecule has 0 radical (unpaired) electrons. The number of esters is 2. The molecule has 1 N–H and O–H groups in total. The number of aromatic amines is 1. The van der Waals surface area contributed by atoms with Gasteiger partial charge in [-0.3, -0.25) is 4.79 Å². The first kappa shape index (κ1) is 17.2. The third kappa shape index (κ3) is 3.61. The summed E-state index contributed by atoms with van der Waals surface area (Å²) < 4.78 is 10.6. The van der Waals surface area contributed by atoms with Crippen molar-refractivity contribution in [1.82, 2.24) is 9.97 Å². The van der Waals surface area contributed by atoms with Gasteiger partial charge in [0.15, 0.2) is 0 Å². The maximum atomic E-state index is 12.4. The van der Waals surface area contributed by atoms with Gasteiger partial charge in [-0.15, -0.1) is 0 Å². The molecule has 0 aliphatic heterocycles. The molecule has 0 aromatic carbocycles.